The van der Waals surface area contributed by atoms with Gasteiger partial charge < -0.3 is 19.7 Å². The van der Waals surface area contributed by atoms with Gasteiger partial charge in [-0.1, -0.05) is 18.2 Å². The minimum absolute atomic E-state index is 0.226. The van der Waals surface area contributed by atoms with Crippen molar-refractivity contribution >= 4 is 22.8 Å². The number of nitrogens with zero attached hydrogens (tertiary/aromatic N) is 3. The number of methoxy groups -OCH3 is 1. The maximum Gasteiger partial charge on any atom is 0.407 e. The van der Waals surface area contributed by atoms with E-state index in [1.807, 2.05) is 38.1 Å². The van der Waals surface area contributed by atoms with E-state index in [0.29, 0.717) is 24.5 Å². The molecule has 0 aliphatic carbocycles. The molecule has 0 spiro atoms. The van der Waals surface area contributed by atoms with Crippen molar-refractivity contribution in [3.63, 3.8) is 0 Å². The van der Waals surface area contributed by atoms with Crippen molar-refractivity contribution in [2.75, 3.05) is 44.9 Å². The monoisotopic (exact) mass is 466 g/mol. The largest absolute Gasteiger partial charge is 0.447 e. The highest BCUT2D eigenvalue weighted by atomic mass is 19.1. The van der Waals surface area contributed by atoms with E-state index in [1.54, 1.807) is 13.2 Å². The van der Waals surface area contributed by atoms with Crippen LogP contribution in [0.4, 0.5) is 15.0 Å². The topological polar surface area (TPSA) is 76.6 Å². The van der Waals surface area contributed by atoms with Crippen LogP contribution in [0.15, 0.2) is 36.4 Å². The van der Waals surface area contributed by atoms with Crippen LogP contribution in [0.2, 0.25) is 0 Å². The number of hydrogen-bond acceptors (Lipinski definition) is 6. The van der Waals surface area contributed by atoms with Crippen molar-refractivity contribution in [3.05, 3.63) is 53.3 Å². The Hall–Kier alpha value is -3.26. The molecule has 0 bridgehead atoms. The number of rotatable bonds is 7. The number of anilines is 1. The number of fused-ring (bicyclic) bond motifs is 1. The number of carbonyl (C=O) groups excluding carboxylic acids is 1. The highest BCUT2D eigenvalue weighted by Gasteiger charge is 2.25. The fourth-order valence-corrected chi connectivity index (χ4v) is 4.41. The van der Waals surface area contributed by atoms with Gasteiger partial charge >= 0.3 is 6.09 Å². The Morgan fingerprint density at radius 2 is 2.06 bits per heavy atom. The fourth-order valence-electron chi connectivity index (χ4n) is 4.41. The van der Waals surface area contributed by atoms with Crippen molar-refractivity contribution in [2.24, 2.45) is 5.92 Å². The molecule has 3 aromatic rings. The summed E-state index contributed by atoms with van der Waals surface area (Å²) >= 11 is 0. The Kier molecular flexibility index (Phi) is 7.57. The van der Waals surface area contributed by atoms with Gasteiger partial charge in [0, 0.05) is 32.1 Å². The van der Waals surface area contributed by atoms with Crippen LogP contribution in [0.3, 0.4) is 0 Å². The molecular formula is C26H31FN4O3. The van der Waals surface area contributed by atoms with Crippen LogP contribution in [-0.2, 0) is 9.47 Å². The number of alkyl carbamates (subject to hydrolysis) is 1. The molecule has 0 unspecified atom stereocenters. The summed E-state index contributed by atoms with van der Waals surface area (Å²) in [6.45, 7) is 6.57. The molecule has 4 rings (SSSR count). The predicted octanol–water partition coefficient (Wildman–Crippen LogP) is 4.64. The second-order valence-electron chi connectivity index (χ2n) is 8.79. The van der Waals surface area contributed by atoms with Crippen molar-refractivity contribution in [2.45, 2.75) is 26.7 Å². The van der Waals surface area contributed by atoms with Gasteiger partial charge in [-0.3, -0.25) is 0 Å². The Morgan fingerprint density at radius 3 is 2.85 bits per heavy atom. The molecule has 1 N–H and O–H groups in total. The lowest BCUT2D eigenvalue weighted by molar-refractivity contribution is 0.0976. The molecule has 1 fully saturated rings. The summed E-state index contributed by atoms with van der Waals surface area (Å²) in [5.74, 6) is 1.11. The van der Waals surface area contributed by atoms with Crippen molar-refractivity contribution in [1.82, 2.24) is 15.3 Å². The second-order valence-corrected chi connectivity index (χ2v) is 8.79. The van der Waals surface area contributed by atoms with Crippen LogP contribution >= 0.6 is 0 Å². The summed E-state index contributed by atoms with van der Waals surface area (Å²) in [5.41, 5.74) is 3.11. The average molecular weight is 467 g/mol. The molecule has 180 valence electrons. The first-order valence-corrected chi connectivity index (χ1v) is 11.6. The number of piperidine rings is 1. The number of benzene rings is 2. The van der Waals surface area contributed by atoms with E-state index in [-0.39, 0.29) is 18.3 Å². The zero-order chi connectivity index (χ0) is 24.1. The standard InChI is InChI=1S/C26H31FN4O3/c1-17-9-10-20-22(14-17)29-24(23-18(2)6-4-8-21(23)27)30-25(20)31-11-5-7-19(16-31)15-28-26(32)34-13-12-33-3/h4,6,8-10,14,19H,5,7,11-13,15-16H2,1-3H3,(H,28,32)/t19-/m0/s1. The molecule has 1 atom stereocenters. The highest BCUT2D eigenvalue weighted by Crippen LogP contribution is 2.32. The molecule has 1 aromatic heterocycles. The minimum atomic E-state index is -0.436. The van der Waals surface area contributed by atoms with Crippen molar-refractivity contribution < 1.29 is 18.7 Å². The third-order valence-corrected chi connectivity index (χ3v) is 6.15. The van der Waals surface area contributed by atoms with Crippen LogP contribution in [-0.4, -0.2) is 56.0 Å². The average Bonchev–Trinajstić information content (AvgIpc) is 2.82. The third-order valence-electron chi connectivity index (χ3n) is 6.15. The van der Waals surface area contributed by atoms with Crippen LogP contribution in [0.5, 0.6) is 0 Å². The number of amides is 1. The van der Waals surface area contributed by atoms with E-state index in [1.165, 1.54) is 6.07 Å². The number of nitrogens with one attached hydrogen (secondary N) is 1. The second kappa shape index (κ2) is 10.8. The molecule has 1 aliphatic heterocycles. The lowest BCUT2D eigenvalue weighted by Gasteiger charge is -2.34. The van der Waals surface area contributed by atoms with E-state index >= 15 is 0 Å². The number of aromatic nitrogens is 2. The third kappa shape index (κ3) is 5.44. The van der Waals surface area contributed by atoms with Crippen molar-refractivity contribution in [1.29, 1.82) is 0 Å². The zero-order valence-corrected chi connectivity index (χ0v) is 19.9. The van der Waals surface area contributed by atoms with E-state index in [4.69, 9.17) is 19.4 Å². The molecule has 2 aromatic carbocycles. The first kappa shape index (κ1) is 23.9. The van der Waals surface area contributed by atoms with Gasteiger partial charge in [-0.15, -0.1) is 0 Å². The SMILES string of the molecule is COCCOC(=O)NC[C@@H]1CCCN(c2nc(-c3c(C)cccc3F)nc3cc(C)ccc23)C1. The molecule has 7 nitrogen and oxygen atoms in total. The lowest BCUT2D eigenvalue weighted by atomic mass is 9.97. The van der Waals surface area contributed by atoms with Gasteiger partial charge in [0.15, 0.2) is 5.82 Å². The molecule has 1 amide bonds. The number of hydrogen-bond donors (Lipinski definition) is 1. The van der Waals surface area contributed by atoms with E-state index in [9.17, 15) is 9.18 Å². The van der Waals surface area contributed by atoms with Crippen LogP contribution in [0.1, 0.15) is 24.0 Å². The van der Waals surface area contributed by atoms with Gasteiger partial charge in [-0.05, 0) is 61.9 Å². The quantitative estimate of drug-likeness (QED) is 0.511. The fraction of sp³-hybridized carbons (Fsp3) is 0.423. The van der Waals surface area contributed by atoms with Gasteiger partial charge in [0.25, 0.3) is 0 Å². The van der Waals surface area contributed by atoms with Crippen LogP contribution < -0.4 is 10.2 Å². The van der Waals surface area contributed by atoms with Gasteiger partial charge in [0.2, 0.25) is 0 Å². The summed E-state index contributed by atoms with van der Waals surface area (Å²) in [5, 5.41) is 3.80. The van der Waals surface area contributed by atoms with E-state index < -0.39 is 6.09 Å². The highest BCUT2D eigenvalue weighted by molar-refractivity contribution is 5.91. The number of halogens is 1. The molecule has 34 heavy (non-hydrogen) atoms. The summed E-state index contributed by atoms with van der Waals surface area (Å²) < 4.78 is 24.8. The summed E-state index contributed by atoms with van der Waals surface area (Å²) in [6, 6.07) is 11.1. The maximum atomic E-state index is 14.8. The first-order valence-electron chi connectivity index (χ1n) is 11.6. The van der Waals surface area contributed by atoms with Crippen molar-refractivity contribution in [3.8, 4) is 11.4 Å². The molecule has 2 heterocycles. The molecular weight excluding hydrogens is 435 g/mol. The Morgan fingerprint density at radius 1 is 1.21 bits per heavy atom. The number of aryl methyl sites for hydroxylation is 2. The summed E-state index contributed by atoms with van der Waals surface area (Å²) in [4.78, 5) is 23.8. The Bertz CT molecular complexity index is 1150. The Labute approximate surface area is 199 Å². The summed E-state index contributed by atoms with van der Waals surface area (Å²) in [6.07, 6.45) is 1.53. The normalized spacial score (nSPS) is 16.0. The molecule has 8 heteroatoms. The molecule has 1 saturated heterocycles. The van der Waals surface area contributed by atoms with E-state index in [2.05, 4.69) is 10.2 Å². The zero-order valence-electron chi connectivity index (χ0n) is 19.9. The summed E-state index contributed by atoms with van der Waals surface area (Å²) in [7, 11) is 1.56. The first-order chi connectivity index (χ1) is 16.5. The van der Waals surface area contributed by atoms with Crippen LogP contribution in [0.25, 0.3) is 22.3 Å². The van der Waals surface area contributed by atoms with E-state index in [0.717, 1.165) is 53.8 Å². The van der Waals surface area contributed by atoms with Gasteiger partial charge in [0.1, 0.15) is 18.2 Å². The number of ether oxygens (including phenoxy) is 2. The molecule has 0 saturated carbocycles. The maximum absolute atomic E-state index is 14.8. The minimum Gasteiger partial charge on any atom is -0.447 e. The predicted molar refractivity (Wildman–Crippen MR) is 131 cm³/mol. The molecule has 1 aliphatic rings. The van der Waals surface area contributed by atoms with Gasteiger partial charge in [0.05, 0.1) is 17.7 Å². The van der Waals surface area contributed by atoms with Crippen LogP contribution in [0, 0.1) is 25.6 Å². The lowest BCUT2D eigenvalue weighted by Crippen LogP contribution is -2.41. The van der Waals surface area contributed by atoms with Gasteiger partial charge in [-0.25, -0.2) is 19.2 Å². The Balaban J connectivity index is 1.61. The molecule has 0 radical (unpaired) electrons. The smallest absolute Gasteiger partial charge is 0.407 e. The number of carbonyl (C=O) groups is 1. The van der Waals surface area contributed by atoms with Gasteiger partial charge in [-0.2, -0.15) is 0 Å².